The van der Waals surface area contributed by atoms with Crippen molar-refractivity contribution in [3.8, 4) is 0 Å². The fourth-order valence-corrected chi connectivity index (χ4v) is 8.25. The Bertz CT molecular complexity index is 1710. The van der Waals surface area contributed by atoms with Crippen molar-refractivity contribution < 1.29 is 64.6 Å². The molecule has 2 atom stereocenters. The van der Waals surface area contributed by atoms with Crippen LogP contribution in [0, 0.1) is 11.8 Å². The van der Waals surface area contributed by atoms with Gasteiger partial charge in [0.25, 0.3) is 20.0 Å². The summed E-state index contributed by atoms with van der Waals surface area (Å²) in [6, 6.07) is 9.18. The summed E-state index contributed by atoms with van der Waals surface area (Å²) >= 11 is 0. The first-order valence-electron chi connectivity index (χ1n) is 15.5. The number of carbonyl (C=O) groups excluding carboxylic acids is 6. The Labute approximate surface area is 288 Å². The molecule has 4 amide bonds. The van der Waals surface area contributed by atoms with E-state index >= 15 is 0 Å². The molecule has 2 fully saturated rings. The molecule has 2 aliphatic rings. The second-order valence-corrected chi connectivity index (χ2v) is 15.0. The van der Waals surface area contributed by atoms with E-state index in [2.05, 4.69) is 0 Å². The summed E-state index contributed by atoms with van der Waals surface area (Å²) < 4.78 is 72.7. The van der Waals surface area contributed by atoms with Crippen molar-refractivity contribution in [2.75, 3.05) is 40.6 Å². The number of hydrogen-bond donors (Lipinski definition) is 0. The number of hydrogen-bond acceptors (Lipinski definition) is 14. The topological polar surface area (TPSA) is 214 Å². The lowest BCUT2D eigenvalue weighted by Crippen LogP contribution is -2.37. The number of sulfonamides is 2. The molecule has 0 aliphatic carbocycles. The third-order valence-electron chi connectivity index (χ3n) is 8.05. The van der Waals surface area contributed by atoms with E-state index in [9.17, 15) is 45.6 Å². The fourth-order valence-electron chi connectivity index (χ4n) is 5.42. The summed E-state index contributed by atoms with van der Waals surface area (Å²) in [6.45, 7) is 0.343. The van der Waals surface area contributed by atoms with Crippen LogP contribution in [0.25, 0.3) is 0 Å². The molecule has 0 bridgehead atoms. The third kappa shape index (κ3) is 8.43. The van der Waals surface area contributed by atoms with Gasteiger partial charge in [0.2, 0.25) is 23.6 Å². The van der Waals surface area contributed by atoms with Crippen LogP contribution in [-0.4, -0.2) is 102 Å². The van der Waals surface area contributed by atoms with E-state index in [4.69, 9.17) is 18.9 Å². The minimum absolute atomic E-state index is 0.00364. The number of rotatable bonds is 17. The molecule has 2 aromatic carbocycles. The van der Waals surface area contributed by atoms with Crippen LogP contribution in [0.3, 0.4) is 0 Å². The Morgan fingerprint density at radius 2 is 0.940 bits per heavy atom. The zero-order chi connectivity index (χ0) is 36.6. The molecule has 0 radical (unpaired) electrons. The number of unbranched alkanes of at least 4 members (excludes halogenated alkanes) is 1. The van der Waals surface area contributed by atoms with E-state index in [1.165, 1.54) is 38.5 Å². The molecule has 2 saturated heterocycles. The van der Waals surface area contributed by atoms with Crippen LogP contribution in [0.2, 0.25) is 0 Å². The van der Waals surface area contributed by atoms with Crippen LogP contribution in [-0.2, 0) is 58.2 Å². The van der Waals surface area contributed by atoms with Gasteiger partial charge in [0.15, 0.2) is 0 Å². The van der Waals surface area contributed by atoms with Crippen molar-refractivity contribution in [1.29, 1.82) is 0 Å². The number of carbonyl (C=O) groups is 6. The summed E-state index contributed by atoms with van der Waals surface area (Å²) in [7, 11) is -6.24. The molecule has 4 rings (SSSR count). The minimum Gasteiger partial charge on any atom is -0.460 e. The highest BCUT2D eigenvalue weighted by molar-refractivity contribution is 7.90. The van der Waals surface area contributed by atoms with Crippen molar-refractivity contribution in [3.05, 3.63) is 59.7 Å². The van der Waals surface area contributed by atoms with E-state index in [1.807, 2.05) is 0 Å². The molecule has 0 spiro atoms. The van der Waals surface area contributed by atoms with Crippen molar-refractivity contribution >= 4 is 55.6 Å². The van der Waals surface area contributed by atoms with Crippen molar-refractivity contribution in [2.45, 2.75) is 48.3 Å². The maximum Gasteiger partial charge on any atom is 0.338 e. The smallest absolute Gasteiger partial charge is 0.338 e. The number of esters is 2. The van der Waals surface area contributed by atoms with Crippen LogP contribution in [0.1, 0.15) is 59.2 Å². The van der Waals surface area contributed by atoms with Gasteiger partial charge in [-0.1, -0.05) is 12.8 Å². The highest BCUT2D eigenvalue weighted by atomic mass is 32.2. The molecule has 16 nitrogen and oxygen atoms in total. The summed E-state index contributed by atoms with van der Waals surface area (Å²) in [6.07, 6.45) is 0.0885. The lowest BCUT2D eigenvalue weighted by atomic mass is 9.95. The average molecular weight is 737 g/mol. The second kappa shape index (κ2) is 16.5. The zero-order valence-electron chi connectivity index (χ0n) is 27.3. The van der Waals surface area contributed by atoms with Gasteiger partial charge in [-0.25, -0.2) is 26.4 Å². The van der Waals surface area contributed by atoms with Crippen LogP contribution < -0.4 is 0 Å². The molecular formula is C32H36N2O14S2. The summed E-state index contributed by atoms with van der Waals surface area (Å²) in [5.74, 6) is -6.92. The van der Waals surface area contributed by atoms with E-state index in [0.29, 0.717) is 0 Å². The van der Waals surface area contributed by atoms with E-state index < -0.39 is 67.4 Å². The zero-order valence-corrected chi connectivity index (χ0v) is 28.9. The quantitative estimate of drug-likeness (QED) is 0.128. The highest BCUT2D eigenvalue weighted by Gasteiger charge is 2.47. The Kier molecular flexibility index (Phi) is 12.6. The highest BCUT2D eigenvalue weighted by Crippen LogP contribution is 2.33. The summed E-state index contributed by atoms with van der Waals surface area (Å²) in [5.41, 5.74) is 0.124. The van der Waals surface area contributed by atoms with Gasteiger partial charge in [-0.3, -0.25) is 19.2 Å². The maximum atomic E-state index is 13.2. The molecule has 270 valence electrons. The fraction of sp³-hybridized carbons (Fsp3) is 0.438. The Hall–Kier alpha value is -4.52. The summed E-state index contributed by atoms with van der Waals surface area (Å²) in [4.78, 5) is 74.9. The van der Waals surface area contributed by atoms with Gasteiger partial charge in [0.05, 0.1) is 34.1 Å². The van der Waals surface area contributed by atoms with Crippen molar-refractivity contribution in [1.82, 2.24) is 8.61 Å². The standard InChI is InChI=1S/C32H36N2O14S2/c1-45-15-17-47-31(39)21-7-11-25(12-8-21)49(41,42)33-27(35)19-23(29(33)37)5-3-4-6-24-20-28(36)34(30(24)38)50(43,44)26-13-9-22(10-14-26)32(40)48-18-16-46-2/h7-14,23-24H,3-6,15-20H2,1-2H3. The van der Waals surface area contributed by atoms with Gasteiger partial charge in [-0.15, -0.1) is 0 Å². The lowest BCUT2D eigenvalue weighted by molar-refractivity contribution is -0.135. The molecular weight excluding hydrogens is 700 g/mol. The van der Waals surface area contributed by atoms with Crippen molar-refractivity contribution in [2.24, 2.45) is 11.8 Å². The van der Waals surface area contributed by atoms with Gasteiger partial charge in [0, 0.05) is 38.9 Å². The number of nitrogens with zero attached hydrogens (tertiary/aromatic N) is 2. The SMILES string of the molecule is COCCOC(=O)c1ccc(S(=O)(=O)N2C(=O)CC(CCCCC3CC(=O)N(S(=O)(=O)c4ccc(C(=O)OCCOC)cc4)C3=O)C2=O)cc1. The average Bonchev–Trinajstić information content (AvgIpc) is 3.55. The van der Waals surface area contributed by atoms with E-state index in [1.54, 1.807) is 0 Å². The molecule has 0 aromatic heterocycles. The number of imide groups is 2. The number of benzene rings is 2. The van der Waals surface area contributed by atoms with Gasteiger partial charge >= 0.3 is 11.9 Å². The Morgan fingerprint density at radius 3 is 1.26 bits per heavy atom. The molecule has 2 unspecified atom stereocenters. The number of ether oxygens (including phenoxy) is 4. The molecule has 2 heterocycles. The number of amides is 4. The van der Waals surface area contributed by atoms with Gasteiger partial charge in [0.1, 0.15) is 13.2 Å². The Balaban J connectivity index is 1.30. The van der Waals surface area contributed by atoms with Gasteiger partial charge < -0.3 is 18.9 Å². The van der Waals surface area contributed by atoms with Gasteiger partial charge in [-0.05, 0) is 61.4 Å². The summed E-state index contributed by atoms with van der Waals surface area (Å²) in [5, 5.41) is 0. The first-order valence-corrected chi connectivity index (χ1v) is 18.4. The van der Waals surface area contributed by atoms with Crippen LogP contribution in [0.5, 0.6) is 0 Å². The van der Waals surface area contributed by atoms with Crippen molar-refractivity contribution in [3.63, 3.8) is 0 Å². The normalized spacial score (nSPS) is 18.2. The maximum absolute atomic E-state index is 13.2. The Morgan fingerprint density at radius 1 is 0.600 bits per heavy atom. The monoisotopic (exact) mass is 736 g/mol. The predicted octanol–water partition coefficient (Wildman–Crippen LogP) is 1.68. The van der Waals surface area contributed by atoms with E-state index in [0.717, 1.165) is 24.3 Å². The van der Waals surface area contributed by atoms with Crippen LogP contribution in [0.15, 0.2) is 58.3 Å². The first kappa shape index (κ1) is 38.3. The molecule has 2 aromatic rings. The van der Waals surface area contributed by atoms with E-state index in [-0.39, 0.29) is 94.5 Å². The predicted molar refractivity (Wildman–Crippen MR) is 170 cm³/mol. The number of methoxy groups -OCH3 is 2. The molecule has 0 N–H and O–H groups in total. The van der Waals surface area contributed by atoms with Gasteiger partial charge in [-0.2, -0.15) is 8.61 Å². The molecule has 18 heteroatoms. The second-order valence-electron chi connectivity index (χ2n) is 11.4. The first-order chi connectivity index (χ1) is 23.7. The minimum atomic E-state index is -4.56. The largest absolute Gasteiger partial charge is 0.460 e. The third-order valence-corrected chi connectivity index (χ3v) is 11.5. The lowest BCUT2D eigenvalue weighted by Gasteiger charge is -2.16. The molecule has 0 saturated carbocycles. The molecule has 2 aliphatic heterocycles. The molecule has 50 heavy (non-hydrogen) atoms. The van der Waals surface area contributed by atoms with Crippen LogP contribution in [0.4, 0.5) is 0 Å². The van der Waals surface area contributed by atoms with Crippen LogP contribution >= 0.6 is 0 Å².